The van der Waals surface area contributed by atoms with Gasteiger partial charge in [-0.05, 0) is 38.1 Å². The smallest absolute Gasteiger partial charge is 0.266 e. The summed E-state index contributed by atoms with van der Waals surface area (Å²) in [5, 5.41) is 10.5. The van der Waals surface area contributed by atoms with Crippen LogP contribution in [0.2, 0.25) is 0 Å². The van der Waals surface area contributed by atoms with E-state index >= 15 is 0 Å². The number of piperidine rings is 1. The Morgan fingerprint density at radius 1 is 1.07 bits per heavy atom. The van der Waals surface area contributed by atoms with Crippen molar-refractivity contribution in [2.75, 3.05) is 73.6 Å². The first-order valence-electron chi connectivity index (χ1n) is 14.6. The molecule has 3 saturated heterocycles. The van der Waals surface area contributed by atoms with E-state index in [1.165, 1.54) is 4.90 Å². The summed E-state index contributed by atoms with van der Waals surface area (Å²) in [6.07, 6.45) is 1.50. The summed E-state index contributed by atoms with van der Waals surface area (Å²) < 4.78 is 34.8. The number of halogens is 2. The van der Waals surface area contributed by atoms with Crippen LogP contribution in [-0.4, -0.2) is 103 Å². The van der Waals surface area contributed by atoms with Crippen LogP contribution in [0.15, 0.2) is 36.5 Å². The van der Waals surface area contributed by atoms with Crippen molar-refractivity contribution in [2.24, 2.45) is 5.73 Å². The molecule has 42 heavy (non-hydrogen) atoms. The van der Waals surface area contributed by atoms with Gasteiger partial charge in [0.05, 0.1) is 29.8 Å². The fourth-order valence-electron chi connectivity index (χ4n) is 6.45. The minimum Gasteiger partial charge on any atom is -0.370 e. The van der Waals surface area contributed by atoms with Crippen LogP contribution in [-0.2, 0) is 4.74 Å². The molecule has 3 atom stereocenters. The second kappa shape index (κ2) is 11.6. The van der Waals surface area contributed by atoms with E-state index in [1.54, 1.807) is 6.20 Å². The van der Waals surface area contributed by atoms with Crippen LogP contribution < -0.4 is 20.4 Å². The van der Waals surface area contributed by atoms with Gasteiger partial charge in [-0.3, -0.25) is 9.88 Å². The summed E-state index contributed by atoms with van der Waals surface area (Å²) in [6, 6.07) is 11.4. The monoisotopic (exact) mass is 577 g/mol. The lowest BCUT2D eigenvalue weighted by Gasteiger charge is -2.42. The van der Waals surface area contributed by atoms with Crippen molar-refractivity contribution < 1.29 is 13.5 Å². The van der Waals surface area contributed by atoms with Gasteiger partial charge in [-0.15, -0.1) is 0 Å². The molecule has 0 radical (unpaired) electrons. The maximum absolute atomic E-state index is 14.2. The molecule has 3 fully saturated rings. The van der Waals surface area contributed by atoms with Crippen LogP contribution in [0.4, 0.5) is 26.2 Å². The number of rotatable bonds is 5. The second-order valence-corrected chi connectivity index (χ2v) is 11.8. The lowest BCUT2D eigenvalue weighted by atomic mass is 10.0. The number of ether oxygens (including phenoxy) is 1. The Balaban J connectivity index is 1.10. The predicted molar refractivity (Wildman–Crippen MR) is 158 cm³/mol. The number of nitriles is 1. The minimum absolute atomic E-state index is 0.0283. The fourth-order valence-corrected chi connectivity index (χ4v) is 6.45. The van der Waals surface area contributed by atoms with Gasteiger partial charge >= 0.3 is 0 Å². The van der Waals surface area contributed by atoms with E-state index < -0.39 is 18.5 Å². The highest BCUT2D eigenvalue weighted by Gasteiger charge is 2.40. The number of morpholine rings is 1. The van der Waals surface area contributed by atoms with Gasteiger partial charge in [0.2, 0.25) is 5.95 Å². The van der Waals surface area contributed by atoms with Crippen LogP contribution in [0.3, 0.4) is 0 Å². The highest BCUT2D eigenvalue weighted by atomic mass is 19.3. The number of alkyl halides is 2. The molecule has 3 aromatic rings. The van der Waals surface area contributed by atoms with Crippen LogP contribution in [0.25, 0.3) is 10.9 Å². The number of hydrogen-bond donors (Lipinski definition) is 1. The lowest BCUT2D eigenvalue weighted by Crippen LogP contribution is -2.54. The molecule has 0 saturated carbocycles. The summed E-state index contributed by atoms with van der Waals surface area (Å²) in [7, 11) is 0. The quantitative estimate of drug-likeness (QED) is 0.486. The molecule has 0 amide bonds. The molecular weight excluding hydrogens is 540 g/mol. The molecule has 0 spiro atoms. The van der Waals surface area contributed by atoms with E-state index in [1.807, 2.05) is 37.3 Å². The first-order valence-corrected chi connectivity index (χ1v) is 14.6. The molecule has 6 rings (SSSR count). The first-order chi connectivity index (χ1) is 20.2. The Labute approximate surface area is 244 Å². The van der Waals surface area contributed by atoms with Gasteiger partial charge in [-0.1, -0.05) is 0 Å². The van der Waals surface area contributed by atoms with Gasteiger partial charge in [0.1, 0.15) is 11.9 Å². The molecule has 0 bridgehead atoms. The van der Waals surface area contributed by atoms with Gasteiger partial charge in [0.25, 0.3) is 5.92 Å². The number of pyridine rings is 1. The lowest BCUT2D eigenvalue weighted by molar-refractivity contribution is -0.0327. The summed E-state index contributed by atoms with van der Waals surface area (Å²) in [5.74, 6) is -1.78. The Bertz CT molecular complexity index is 1470. The van der Waals surface area contributed by atoms with Gasteiger partial charge in [-0.2, -0.15) is 10.2 Å². The van der Waals surface area contributed by atoms with E-state index in [0.29, 0.717) is 18.1 Å². The maximum atomic E-state index is 14.2. The average molecular weight is 578 g/mol. The molecule has 2 N–H and O–H groups in total. The van der Waals surface area contributed by atoms with Crippen LogP contribution in [0, 0.1) is 18.3 Å². The van der Waals surface area contributed by atoms with Crippen LogP contribution in [0.5, 0.6) is 0 Å². The number of aryl methyl sites for hydroxylation is 1. The molecule has 1 aromatic carbocycles. The third-order valence-corrected chi connectivity index (χ3v) is 8.24. The normalized spacial score (nSPS) is 25.0. The van der Waals surface area contributed by atoms with Crippen molar-refractivity contribution in [3.63, 3.8) is 0 Å². The molecule has 1 unspecified atom stereocenters. The Kier molecular flexibility index (Phi) is 7.83. The van der Waals surface area contributed by atoms with E-state index in [4.69, 9.17) is 10.5 Å². The summed E-state index contributed by atoms with van der Waals surface area (Å²) in [5.41, 5.74) is 9.04. The molecule has 3 aliphatic rings. The number of fused-ring (bicyclic) bond motifs is 1. The summed E-state index contributed by atoms with van der Waals surface area (Å²) >= 11 is 0. The number of piperazine rings is 1. The van der Waals surface area contributed by atoms with Crippen LogP contribution in [0.1, 0.15) is 24.6 Å². The van der Waals surface area contributed by atoms with Crippen molar-refractivity contribution in [1.29, 1.82) is 5.26 Å². The molecular formula is C30H37F2N9O. The molecule has 2 aromatic heterocycles. The van der Waals surface area contributed by atoms with Gasteiger partial charge < -0.3 is 25.2 Å². The minimum atomic E-state index is -2.85. The number of nitrogens with zero attached hydrogens (tertiary/aromatic N) is 8. The first kappa shape index (κ1) is 28.5. The van der Waals surface area contributed by atoms with E-state index in [2.05, 4.69) is 42.6 Å². The van der Waals surface area contributed by atoms with Crippen molar-refractivity contribution >= 4 is 28.4 Å². The van der Waals surface area contributed by atoms with Crippen molar-refractivity contribution in [2.45, 2.75) is 44.4 Å². The van der Waals surface area contributed by atoms with Crippen molar-refractivity contribution in [3.05, 3.63) is 47.8 Å². The summed E-state index contributed by atoms with van der Waals surface area (Å²) in [4.78, 5) is 22.1. The standard InChI is InChI=1S/C30H37F2N9O/c1-20-12-27(37-29(36-20)41-16-23(34)13-30(31,32)19-41)39-10-8-38(9-11-39)17-24-18-40(15-21(2)42-24)26-6-5-22(14-33)28-25(26)4-3-7-35-28/h3-7,12,21,23-24H,8-11,13,15-19,34H2,1-2H3/t21-,23?,24+/m1/s1. The average Bonchev–Trinajstić information content (AvgIpc) is 2.95. The largest absolute Gasteiger partial charge is 0.370 e. The highest BCUT2D eigenvalue weighted by Crippen LogP contribution is 2.31. The summed E-state index contributed by atoms with van der Waals surface area (Å²) in [6.45, 7) is 9.39. The zero-order chi connectivity index (χ0) is 29.4. The third-order valence-electron chi connectivity index (χ3n) is 8.24. The maximum Gasteiger partial charge on any atom is 0.266 e. The highest BCUT2D eigenvalue weighted by molar-refractivity contribution is 5.95. The molecule has 3 aliphatic heterocycles. The van der Waals surface area contributed by atoms with E-state index in [-0.39, 0.29) is 18.6 Å². The Hall–Kier alpha value is -3.66. The zero-order valence-electron chi connectivity index (χ0n) is 24.1. The molecule has 10 nitrogen and oxygen atoms in total. The number of anilines is 3. The van der Waals surface area contributed by atoms with Crippen molar-refractivity contribution in [3.8, 4) is 6.07 Å². The van der Waals surface area contributed by atoms with Gasteiger partial charge in [-0.25, -0.2) is 13.8 Å². The Morgan fingerprint density at radius 3 is 2.64 bits per heavy atom. The number of nitrogens with two attached hydrogens (primary N) is 1. The fraction of sp³-hybridized carbons (Fsp3) is 0.533. The van der Waals surface area contributed by atoms with Gasteiger partial charge in [0.15, 0.2) is 0 Å². The van der Waals surface area contributed by atoms with E-state index in [0.717, 1.165) is 73.9 Å². The topological polar surface area (TPSA) is 111 Å². The third kappa shape index (κ3) is 6.09. The van der Waals surface area contributed by atoms with Gasteiger partial charge in [0, 0.05) is 93.9 Å². The number of benzene rings is 1. The van der Waals surface area contributed by atoms with Crippen molar-refractivity contribution in [1.82, 2.24) is 19.9 Å². The second-order valence-electron chi connectivity index (χ2n) is 11.8. The zero-order valence-corrected chi connectivity index (χ0v) is 24.1. The molecule has 12 heteroatoms. The Morgan fingerprint density at radius 2 is 1.88 bits per heavy atom. The van der Waals surface area contributed by atoms with Crippen LogP contribution >= 0.6 is 0 Å². The SMILES string of the molecule is Cc1cc(N2CCN(C[C@H]3CN(c4ccc(C#N)c5ncccc45)C[C@@H](C)O3)CC2)nc(N2CC(N)CC(F)(F)C2)n1. The molecule has 222 valence electrons. The predicted octanol–water partition coefficient (Wildman–Crippen LogP) is 2.79. The molecule has 5 heterocycles. The van der Waals surface area contributed by atoms with E-state index in [9.17, 15) is 14.0 Å². The number of aromatic nitrogens is 3. The molecule has 0 aliphatic carbocycles. The number of hydrogen-bond acceptors (Lipinski definition) is 10.